The minimum atomic E-state index is -1.14. The lowest BCUT2D eigenvalue weighted by molar-refractivity contribution is -0.177. The molecule has 0 aromatic heterocycles. The molecule has 1 fully saturated rings. The molecule has 0 spiro atoms. The Hall–Kier alpha value is -8.80. The predicted octanol–water partition coefficient (Wildman–Crippen LogP) is 0.995. The Bertz CT molecular complexity index is 2060. The van der Waals surface area contributed by atoms with E-state index >= 15 is 0 Å². The monoisotopic (exact) mass is 1440 g/mol. The number of carbonyl (C=O) groups excluding carboxylic acids is 13. The van der Waals surface area contributed by atoms with E-state index in [1.165, 1.54) is 63.9 Å². The fraction of sp³-hybridized carbons (Fsp3) is 0.768. The summed E-state index contributed by atoms with van der Waals surface area (Å²) in [6.07, 6.45) is -0.878. The quantitative estimate of drug-likeness (QED) is 0.0176. The lowest BCUT2D eigenvalue weighted by Gasteiger charge is -2.22. The number of hydroxylamine groups is 2. The zero-order chi connectivity index (χ0) is 74.0. The van der Waals surface area contributed by atoms with Crippen molar-refractivity contribution in [1.29, 1.82) is 0 Å². The molecule has 1 heterocycles. The lowest BCUT2D eigenvalue weighted by atomic mass is 10.3. The van der Waals surface area contributed by atoms with Crippen molar-refractivity contribution in [3.63, 3.8) is 0 Å². The normalized spacial score (nSPS) is 11.0. The molecule has 0 unspecified atom stereocenters. The summed E-state index contributed by atoms with van der Waals surface area (Å²) in [6.45, 7) is 11.4. The van der Waals surface area contributed by atoms with Gasteiger partial charge in [0, 0.05) is 98.4 Å². The van der Waals surface area contributed by atoms with Crippen LogP contribution in [0.1, 0.15) is 64.2 Å². The zero-order valence-electron chi connectivity index (χ0n) is 57.7. The first-order chi connectivity index (χ1) is 47.1. The van der Waals surface area contributed by atoms with Crippen molar-refractivity contribution >= 4 is 90.8 Å². The Balaban J connectivity index is -0.00000124. The Labute approximate surface area is 575 Å². The summed E-state index contributed by atoms with van der Waals surface area (Å²) in [5.41, 5.74) is 0. The molecule has 42 heteroatoms. The highest BCUT2D eigenvalue weighted by atomic mass is 35.5. The van der Waals surface area contributed by atoms with E-state index < -0.39 is 79.0 Å². The maximum atomic E-state index is 11.7. The van der Waals surface area contributed by atoms with Gasteiger partial charge in [-0.15, -0.1) is 0 Å². The molecule has 1 aliphatic heterocycles. The van der Waals surface area contributed by atoms with Gasteiger partial charge in [0.2, 0.25) is 0 Å². The van der Waals surface area contributed by atoms with Gasteiger partial charge in [-0.25, -0.2) is 52.7 Å². The van der Waals surface area contributed by atoms with Crippen LogP contribution in [-0.2, 0) is 70.8 Å². The number of aliphatic hydroxyl groups excluding tert-OH is 1. The Morgan fingerprint density at radius 3 is 0.796 bits per heavy atom. The molecule has 0 saturated carbocycles. The third-order valence-electron chi connectivity index (χ3n) is 12.6. The predicted molar refractivity (Wildman–Crippen MR) is 345 cm³/mol. The van der Waals surface area contributed by atoms with Crippen molar-refractivity contribution in [3.8, 4) is 0 Å². The standard InChI is InChI=1S/C17H28N4O9.C14H28N4O6.C13H24ClN3O7.C12H25N3O5/c1-27-15(24)18-7-3-9-20(10-4-8-19-16(25)28-2)11-12-29-17(26)30-21-13(22)5-6-14(21)23;1-15-12(19)24-11-10-18(8-4-6-16-13(20)22-2)9-5-7-17-14(21)23-3;1-21-11(18)15-5-3-7-17(9-10-23-13(20)24-14)8-4-6-16-12(19)22-2;1-19-11(17)13-5-3-7-15(9-10-16)8-4-6-14-12(18)20-2/h3-12H2,1-2H3,(H,18,24)(H,19,25);4-11H2,1-3H3,(H,15,19)(H,16,20)(H,17,21);3-10H2,1-2H3,(H,15,18)(H,16,19);16H,3-10H2,1-2H3,(H,13,17)(H,14,18). The highest BCUT2D eigenvalue weighted by Crippen LogP contribution is 2.13. The van der Waals surface area contributed by atoms with Gasteiger partial charge in [0.1, 0.15) is 31.7 Å². The second kappa shape index (κ2) is 65.5. The number of alkyl carbamates (subject to hydrolysis) is 9. The third kappa shape index (κ3) is 58.5. The molecule has 0 aromatic carbocycles. The van der Waals surface area contributed by atoms with Crippen LogP contribution in [0.4, 0.5) is 52.7 Å². The number of nitrogens with one attached hydrogen (secondary N) is 9. The van der Waals surface area contributed by atoms with Crippen LogP contribution in [0.5, 0.6) is 0 Å². The van der Waals surface area contributed by atoms with Crippen LogP contribution in [0.3, 0.4) is 0 Å². The molecule has 11 amide bonds. The third-order valence-corrected chi connectivity index (χ3v) is 12.7. The summed E-state index contributed by atoms with van der Waals surface area (Å²) in [6, 6.07) is 0. The largest absolute Gasteiger partial charge is 0.534 e. The van der Waals surface area contributed by atoms with E-state index in [4.69, 9.17) is 31.2 Å². The van der Waals surface area contributed by atoms with Gasteiger partial charge < -0.3 is 114 Å². The fourth-order valence-electron chi connectivity index (χ4n) is 7.64. The SMILES string of the molecule is CNC(=O)OCCN(CCCNC(=O)OC)CCCNC(=O)OC.COC(=O)NCCCN(CCCNC(=O)OC)CCOC(=O)OCl.COC(=O)NCCCN(CCCNC(=O)OC)CCOC(=O)ON1C(=O)CCC1=O.COC(=O)NCCCN(CCO)CCCNC(=O)OC. The van der Waals surface area contributed by atoms with Crippen molar-refractivity contribution in [2.24, 2.45) is 0 Å². The van der Waals surface area contributed by atoms with Gasteiger partial charge in [0.25, 0.3) is 11.8 Å². The van der Waals surface area contributed by atoms with Crippen LogP contribution < -0.4 is 47.9 Å². The van der Waals surface area contributed by atoms with Crippen molar-refractivity contribution in [1.82, 2.24) is 72.5 Å². The maximum absolute atomic E-state index is 11.7. The number of nitrogens with zero attached hydrogens (tertiary/aromatic N) is 5. The van der Waals surface area contributed by atoms with Gasteiger partial charge in [-0.1, -0.05) is 5.06 Å². The molecule has 1 saturated heterocycles. The smallest absolute Gasteiger partial charge is 0.453 e. The molecule has 0 aliphatic carbocycles. The molecular weight excluding hydrogens is 1340 g/mol. The van der Waals surface area contributed by atoms with Gasteiger partial charge in [-0.05, 0) is 104 Å². The highest BCUT2D eigenvalue weighted by molar-refractivity contribution is 6.12. The van der Waals surface area contributed by atoms with E-state index in [1.54, 1.807) is 0 Å². The lowest BCUT2D eigenvalue weighted by Crippen LogP contribution is -2.36. The molecular formula is C56H105ClN14O27. The van der Waals surface area contributed by atoms with Gasteiger partial charge >= 0.3 is 67.1 Å². The number of amides is 11. The Morgan fingerprint density at radius 1 is 0.357 bits per heavy atom. The highest BCUT2D eigenvalue weighted by Gasteiger charge is 2.33. The number of hydrogen-bond acceptors (Lipinski definition) is 31. The summed E-state index contributed by atoms with van der Waals surface area (Å²) in [4.78, 5) is 157. The average Bonchev–Trinajstić information content (AvgIpc) is 1.76. The van der Waals surface area contributed by atoms with Crippen LogP contribution in [0.2, 0.25) is 0 Å². The summed E-state index contributed by atoms with van der Waals surface area (Å²) in [7, 11) is 11.9. The summed E-state index contributed by atoms with van der Waals surface area (Å²) in [5, 5.41) is 32.5. The van der Waals surface area contributed by atoms with Crippen LogP contribution >= 0.6 is 11.9 Å². The van der Waals surface area contributed by atoms with Crippen LogP contribution in [0, 0.1) is 0 Å². The first kappa shape index (κ1) is 93.4. The second-order valence-corrected chi connectivity index (χ2v) is 19.8. The number of carbonyl (C=O) groups is 13. The number of aliphatic hydroxyl groups is 1. The number of ether oxygens (including phenoxy) is 11. The topological polar surface area (TPSA) is 487 Å². The average molecular weight is 1440 g/mol. The van der Waals surface area contributed by atoms with E-state index in [1.807, 2.05) is 9.80 Å². The molecule has 0 aromatic rings. The second-order valence-electron chi connectivity index (χ2n) is 19.6. The molecule has 0 atom stereocenters. The first-order valence-corrected chi connectivity index (χ1v) is 31.4. The molecule has 1 aliphatic rings. The van der Waals surface area contributed by atoms with Crippen molar-refractivity contribution in [3.05, 3.63) is 0 Å². The molecule has 10 N–H and O–H groups in total. The number of halogens is 1. The summed E-state index contributed by atoms with van der Waals surface area (Å²) < 4.78 is 54.3. The molecule has 0 bridgehead atoms. The number of rotatable bonds is 44. The molecule has 0 radical (unpaired) electrons. The number of methoxy groups -OCH3 is 8. The van der Waals surface area contributed by atoms with E-state index in [9.17, 15) is 62.3 Å². The minimum Gasteiger partial charge on any atom is -0.453 e. The van der Waals surface area contributed by atoms with Crippen molar-refractivity contribution in [2.75, 3.05) is 221 Å². The van der Waals surface area contributed by atoms with Gasteiger partial charge in [-0.3, -0.25) is 29.1 Å². The molecule has 1 rings (SSSR count). The van der Waals surface area contributed by atoms with Gasteiger partial charge in [0.15, 0.2) is 0 Å². The minimum absolute atomic E-state index is 0.000883. The van der Waals surface area contributed by atoms with E-state index in [2.05, 4.69) is 105 Å². The molecule has 41 nitrogen and oxygen atoms in total. The van der Waals surface area contributed by atoms with Crippen LogP contribution in [-0.4, -0.2) is 330 Å². The van der Waals surface area contributed by atoms with Crippen molar-refractivity contribution < 1.29 is 129 Å². The van der Waals surface area contributed by atoms with Crippen molar-refractivity contribution in [2.45, 2.75) is 64.2 Å². The fourth-order valence-corrected chi connectivity index (χ4v) is 7.69. The van der Waals surface area contributed by atoms with E-state index in [-0.39, 0.29) is 39.3 Å². The zero-order valence-corrected chi connectivity index (χ0v) is 58.5. The first-order valence-electron chi connectivity index (χ1n) is 31.1. The Kier molecular flexibility index (Phi) is 62.4. The van der Waals surface area contributed by atoms with Crippen LogP contribution in [0.25, 0.3) is 0 Å². The number of hydrogen-bond donors (Lipinski definition) is 10. The maximum Gasteiger partial charge on any atom is 0.534 e. The van der Waals surface area contributed by atoms with Gasteiger partial charge in [0.05, 0.1) is 63.5 Å². The Morgan fingerprint density at radius 2 is 0.582 bits per heavy atom. The van der Waals surface area contributed by atoms with Crippen LogP contribution in [0.15, 0.2) is 0 Å². The van der Waals surface area contributed by atoms with E-state index in [0.717, 1.165) is 38.8 Å². The van der Waals surface area contributed by atoms with E-state index in [0.29, 0.717) is 149 Å². The molecule has 98 heavy (non-hydrogen) atoms. The summed E-state index contributed by atoms with van der Waals surface area (Å²) >= 11 is 4.87. The molecule has 568 valence electrons. The number of imide groups is 1. The summed E-state index contributed by atoms with van der Waals surface area (Å²) in [5.74, 6) is -1.18. The van der Waals surface area contributed by atoms with Gasteiger partial charge in [-0.2, -0.15) is 0 Å².